The van der Waals surface area contributed by atoms with E-state index < -0.39 is 11.4 Å². The fraction of sp³-hybridized carbons (Fsp3) is 0.417. The van der Waals surface area contributed by atoms with Crippen LogP contribution >= 0.6 is 11.6 Å². The van der Waals surface area contributed by atoms with Crippen molar-refractivity contribution in [2.24, 2.45) is 0 Å². The zero-order chi connectivity index (χ0) is 12.0. The van der Waals surface area contributed by atoms with Crippen LogP contribution in [0, 0.1) is 0 Å². The number of fused-ring (bicyclic) bond motifs is 1. The van der Waals surface area contributed by atoms with Gasteiger partial charge in [0.15, 0.2) is 11.5 Å². The lowest BCUT2D eigenvalue weighted by Crippen LogP contribution is -2.22. The fourth-order valence-electron chi connectivity index (χ4n) is 2.17. The average molecular weight is 255 g/mol. The summed E-state index contributed by atoms with van der Waals surface area (Å²) in [5.41, 5.74) is -0.177. The average Bonchev–Trinajstić information content (AvgIpc) is 3.11. The number of aliphatic carboxylic acids is 1. The highest BCUT2D eigenvalue weighted by atomic mass is 35.5. The summed E-state index contributed by atoms with van der Waals surface area (Å²) in [4.78, 5) is 11.3. The molecule has 1 N–H and O–H groups in total. The predicted molar refractivity (Wildman–Crippen MR) is 61.0 cm³/mol. The van der Waals surface area contributed by atoms with E-state index in [1.807, 2.05) is 0 Å². The van der Waals surface area contributed by atoms with Crippen LogP contribution in [0.5, 0.6) is 11.5 Å². The number of hydrogen-bond acceptors (Lipinski definition) is 3. The maximum atomic E-state index is 11.3. The number of carbonyl (C=O) groups is 1. The quantitative estimate of drug-likeness (QED) is 0.879. The van der Waals surface area contributed by atoms with Gasteiger partial charge in [0.05, 0.1) is 10.4 Å². The fourth-order valence-corrected chi connectivity index (χ4v) is 2.57. The van der Waals surface area contributed by atoms with Crippen molar-refractivity contribution >= 4 is 17.6 Å². The number of carboxylic acids is 1. The number of rotatable bonds is 2. The first-order valence-corrected chi connectivity index (χ1v) is 5.85. The van der Waals surface area contributed by atoms with Crippen molar-refractivity contribution in [3.8, 4) is 11.5 Å². The molecule has 1 aliphatic carbocycles. The normalized spacial score (nSPS) is 19.8. The first-order valence-electron chi connectivity index (χ1n) is 5.47. The van der Waals surface area contributed by atoms with E-state index in [2.05, 4.69) is 0 Å². The van der Waals surface area contributed by atoms with E-state index in [-0.39, 0.29) is 0 Å². The zero-order valence-electron chi connectivity index (χ0n) is 9.03. The van der Waals surface area contributed by atoms with Gasteiger partial charge in [-0.1, -0.05) is 17.7 Å². The highest BCUT2D eigenvalue weighted by molar-refractivity contribution is 6.33. The summed E-state index contributed by atoms with van der Waals surface area (Å²) in [7, 11) is 0. The molecule has 1 saturated carbocycles. The molecule has 0 radical (unpaired) electrons. The van der Waals surface area contributed by atoms with Crippen molar-refractivity contribution in [1.82, 2.24) is 0 Å². The molecule has 0 saturated heterocycles. The van der Waals surface area contributed by atoms with Gasteiger partial charge in [-0.15, -0.1) is 0 Å². The van der Waals surface area contributed by atoms with Gasteiger partial charge in [-0.3, -0.25) is 4.79 Å². The van der Waals surface area contributed by atoms with Crippen molar-refractivity contribution < 1.29 is 19.4 Å². The molecule has 1 aliphatic heterocycles. The third-order valence-electron chi connectivity index (χ3n) is 3.32. The van der Waals surface area contributed by atoms with Gasteiger partial charge in [0.1, 0.15) is 13.2 Å². The Kier molecular flexibility index (Phi) is 2.23. The summed E-state index contributed by atoms with van der Waals surface area (Å²) >= 11 is 6.23. The number of ether oxygens (including phenoxy) is 2. The maximum absolute atomic E-state index is 11.3. The van der Waals surface area contributed by atoms with E-state index >= 15 is 0 Å². The molecule has 2 aliphatic rings. The van der Waals surface area contributed by atoms with Crippen molar-refractivity contribution in [2.75, 3.05) is 13.2 Å². The molecule has 1 heterocycles. The standard InChI is InChI=1S/C12H11ClO4/c13-9-7(12(3-4-12)11(14)15)1-2-8-10(9)17-6-5-16-8/h1-2H,3-6H2,(H,14,15). The summed E-state index contributed by atoms with van der Waals surface area (Å²) in [6, 6.07) is 3.47. The van der Waals surface area contributed by atoms with Crippen LogP contribution in [-0.2, 0) is 10.2 Å². The van der Waals surface area contributed by atoms with Crippen molar-refractivity contribution in [1.29, 1.82) is 0 Å². The van der Waals surface area contributed by atoms with Crippen molar-refractivity contribution in [3.05, 3.63) is 22.7 Å². The van der Waals surface area contributed by atoms with Crippen LogP contribution in [0.4, 0.5) is 0 Å². The Morgan fingerprint density at radius 1 is 1.29 bits per heavy atom. The Morgan fingerprint density at radius 3 is 2.65 bits per heavy atom. The Balaban J connectivity index is 2.10. The van der Waals surface area contributed by atoms with Gasteiger partial charge in [-0.05, 0) is 24.5 Å². The summed E-state index contributed by atoms with van der Waals surface area (Å²) in [5.74, 6) is 0.241. The van der Waals surface area contributed by atoms with E-state index in [1.165, 1.54) is 0 Å². The molecule has 17 heavy (non-hydrogen) atoms. The first-order chi connectivity index (χ1) is 8.15. The summed E-state index contributed by atoms with van der Waals surface area (Å²) < 4.78 is 10.8. The van der Waals surface area contributed by atoms with E-state index in [0.29, 0.717) is 48.1 Å². The highest BCUT2D eigenvalue weighted by Crippen LogP contribution is 2.54. The van der Waals surface area contributed by atoms with Gasteiger partial charge in [0.25, 0.3) is 0 Å². The lowest BCUT2D eigenvalue weighted by molar-refractivity contribution is -0.140. The Labute approximate surface area is 103 Å². The SMILES string of the molecule is O=C(O)C1(c2ccc3c(c2Cl)OCCO3)CC1. The molecule has 1 aromatic carbocycles. The molecule has 90 valence electrons. The van der Waals surface area contributed by atoms with E-state index in [9.17, 15) is 9.90 Å². The van der Waals surface area contributed by atoms with E-state index in [4.69, 9.17) is 21.1 Å². The molecule has 0 aromatic heterocycles. The third kappa shape index (κ3) is 1.47. The van der Waals surface area contributed by atoms with Gasteiger partial charge in [-0.25, -0.2) is 0 Å². The molecule has 1 aromatic rings. The van der Waals surface area contributed by atoms with Crippen LogP contribution in [0.15, 0.2) is 12.1 Å². The minimum absolute atomic E-state index is 0.377. The zero-order valence-corrected chi connectivity index (χ0v) is 9.79. The molecule has 0 amide bonds. The van der Waals surface area contributed by atoms with Crippen molar-refractivity contribution in [3.63, 3.8) is 0 Å². The highest BCUT2D eigenvalue weighted by Gasteiger charge is 2.53. The Bertz CT molecular complexity index is 494. The topological polar surface area (TPSA) is 55.8 Å². The lowest BCUT2D eigenvalue weighted by Gasteiger charge is -2.22. The molecule has 0 bridgehead atoms. The minimum Gasteiger partial charge on any atom is -0.486 e. The Morgan fingerprint density at radius 2 is 2.00 bits per heavy atom. The summed E-state index contributed by atoms with van der Waals surface area (Å²) in [6.07, 6.45) is 1.25. The smallest absolute Gasteiger partial charge is 0.314 e. The van der Waals surface area contributed by atoms with Crippen LogP contribution in [0.25, 0.3) is 0 Å². The predicted octanol–water partition coefficient (Wildman–Crippen LogP) is 2.23. The monoisotopic (exact) mass is 254 g/mol. The molecule has 4 nitrogen and oxygen atoms in total. The number of hydrogen-bond donors (Lipinski definition) is 1. The summed E-state index contributed by atoms with van der Waals surface area (Å²) in [5, 5.41) is 9.63. The van der Waals surface area contributed by atoms with Crippen LogP contribution in [-0.4, -0.2) is 24.3 Å². The van der Waals surface area contributed by atoms with Gasteiger partial charge in [-0.2, -0.15) is 0 Å². The second-order valence-corrected chi connectivity index (χ2v) is 4.72. The minimum atomic E-state index is -0.823. The van der Waals surface area contributed by atoms with Gasteiger partial charge >= 0.3 is 5.97 Å². The molecular formula is C12H11ClO4. The number of carboxylic acid groups (broad SMARTS) is 1. The second-order valence-electron chi connectivity index (χ2n) is 4.34. The van der Waals surface area contributed by atoms with Gasteiger partial charge in [0.2, 0.25) is 0 Å². The molecule has 0 atom stereocenters. The van der Waals surface area contributed by atoms with Gasteiger partial charge in [0, 0.05) is 0 Å². The van der Waals surface area contributed by atoms with Gasteiger partial charge < -0.3 is 14.6 Å². The number of halogens is 1. The molecule has 0 unspecified atom stereocenters. The summed E-state index contributed by atoms with van der Waals surface area (Å²) in [6.45, 7) is 0.934. The van der Waals surface area contributed by atoms with Crippen LogP contribution < -0.4 is 9.47 Å². The third-order valence-corrected chi connectivity index (χ3v) is 3.70. The largest absolute Gasteiger partial charge is 0.486 e. The number of benzene rings is 1. The lowest BCUT2D eigenvalue weighted by atomic mass is 9.95. The molecule has 0 spiro atoms. The van der Waals surface area contributed by atoms with Crippen LogP contribution in [0.3, 0.4) is 0 Å². The van der Waals surface area contributed by atoms with E-state index in [0.717, 1.165) is 0 Å². The molecular weight excluding hydrogens is 244 g/mol. The van der Waals surface area contributed by atoms with Crippen LogP contribution in [0.2, 0.25) is 5.02 Å². The van der Waals surface area contributed by atoms with E-state index in [1.54, 1.807) is 12.1 Å². The first kappa shape index (κ1) is 10.7. The maximum Gasteiger partial charge on any atom is 0.314 e. The van der Waals surface area contributed by atoms with Crippen LogP contribution in [0.1, 0.15) is 18.4 Å². The van der Waals surface area contributed by atoms with Crippen molar-refractivity contribution in [2.45, 2.75) is 18.3 Å². The second kappa shape index (κ2) is 3.53. The molecule has 3 rings (SSSR count). The molecule has 5 heteroatoms. The Hall–Kier alpha value is -1.42. The molecule has 1 fully saturated rings.